The van der Waals surface area contributed by atoms with Crippen molar-refractivity contribution in [2.75, 3.05) is 34.2 Å². The number of hydrogen-bond acceptors (Lipinski definition) is 6. The summed E-state index contributed by atoms with van der Waals surface area (Å²) in [6.45, 7) is 0.889. The number of halogens is 1. The van der Waals surface area contributed by atoms with Gasteiger partial charge in [-0.15, -0.1) is 0 Å². The highest BCUT2D eigenvalue weighted by atomic mass is 19.1. The topological polar surface area (TPSA) is 66.5 Å². The van der Waals surface area contributed by atoms with Gasteiger partial charge in [0.2, 0.25) is 12.7 Å². The van der Waals surface area contributed by atoms with E-state index in [0.29, 0.717) is 41.7 Å². The molecule has 0 N–H and O–H groups in total. The van der Waals surface area contributed by atoms with E-state index in [9.17, 15) is 9.18 Å². The number of ether oxygens (including phenoxy) is 5. The third-order valence-corrected chi connectivity index (χ3v) is 6.32. The van der Waals surface area contributed by atoms with Crippen molar-refractivity contribution in [1.29, 1.82) is 0 Å². The fourth-order valence-electron chi connectivity index (χ4n) is 4.46. The molecule has 7 nitrogen and oxygen atoms in total. The summed E-state index contributed by atoms with van der Waals surface area (Å²) >= 11 is 0. The van der Waals surface area contributed by atoms with Gasteiger partial charge in [0.05, 0.1) is 20.3 Å². The van der Waals surface area contributed by atoms with Crippen LogP contribution in [0.2, 0.25) is 0 Å². The number of amides is 1. The normalized spacial score (nSPS) is 16.1. The summed E-state index contributed by atoms with van der Waals surface area (Å²) in [6.07, 6.45) is 3.97. The monoisotopic (exact) mass is 491 g/mol. The van der Waals surface area contributed by atoms with Crippen LogP contribution in [0.3, 0.4) is 0 Å². The molecule has 0 aliphatic carbocycles. The van der Waals surface area contributed by atoms with Crippen LogP contribution in [0.4, 0.5) is 4.39 Å². The Morgan fingerprint density at radius 1 is 1.03 bits per heavy atom. The second-order valence-electron chi connectivity index (χ2n) is 8.41. The minimum Gasteiger partial charge on any atom is -0.493 e. The van der Waals surface area contributed by atoms with Crippen molar-refractivity contribution in [1.82, 2.24) is 4.90 Å². The summed E-state index contributed by atoms with van der Waals surface area (Å²) in [6, 6.07) is 14.8. The summed E-state index contributed by atoms with van der Waals surface area (Å²) in [4.78, 5) is 15.2. The molecule has 0 radical (unpaired) electrons. The van der Waals surface area contributed by atoms with Crippen LogP contribution in [-0.4, -0.2) is 45.0 Å². The highest BCUT2D eigenvalue weighted by Gasteiger charge is 2.32. The first-order valence-corrected chi connectivity index (χ1v) is 11.6. The van der Waals surface area contributed by atoms with E-state index in [1.807, 2.05) is 30.3 Å². The number of fused-ring (bicyclic) bond motifs is 2. The maximum Gasteiger partial charge on any atom is 0.247 e. The zero-order chi connectivity index (χ0) is 25.1. The number of carbonyl (C=O) groups is 1. The van der Waals surface area contributed by atoms with Gasteiger partial charge in [-0.25, -0.2) is 4.39 Å². The fourth-order valence-corrected chi connectivity index (χ4v) is 4.46. The van der Waals surface area contributed by atoms with Crippen LogP contribution in [0.15, 0.2) is 60.7 Å². The molecule has 3 aromatic carbocycles. The number of methoxy groups -OCH3 is 2. The second kappa shape index (κ2) is 10.2. The Morgan fingerprint density at radius 3 is 2.56 bits per heavy atom. The van der Waals surface area contributed by atoms with Crippen LogP contribution >= 0.6 is 0 Å². The van der Waals surface area contributed by atoms with Gasteiger partial charge in [-0.2, -0.15) is 0 Å². The molecule has 0 fully saturated rings. The predicted molar refractivity (Wildman–Crippen MR) is 131 cm³/mol. The molecule has 1 amide bonds. The second-order valence-corrected chi connectivity index (χ2v) is 8.41. The van der Waals surface area contributed by atoms with Gasteiger partial charge in [0.15, 0.2) is 23.0 Å². The molecular formula is C28H26FNO6. The van der Waals surface area contributed by atoms with Gasteiger partial charge < -0.3 is 28.6 Å². The lowest BCUT2D eigenvalue weighted by Crippen LogP contribution is -2.41. The van der Waals surface area contributed by atoms with Gasteiger partial charge in [0, 0.05) is 12.6 Å². The highest BCUT2D eigenvalue weighted by molar-refractivity contribution is 5.92. The standard InChI is InChI=1S/C28H26FNO6/c1-32-25-14-19-11-12-30(28(31)10-4-18-3-9-24-27(13-18)36-17-35-24)23(22(19)15-26(25)33-2)16-34-21-7-5-20(29)6-8-21/h3-10,13-15,23H,11-12,16-17H2,1-2H3. The number of nitrogens with zero attached hydrogens (tertiary/aromatic N) is 1. The van der Waals surface area contributed by atoms with Crippen LogP contribution in [-0.2, 0) is 11.2 Å². The molecule has 36 heavy (non-hydrogen) atoms. The Hall–Kier alpha value is -4.20. The Morgan fingerprint density at radius 2 is 1.78 bits per heavy atom. The Bertz CT molecular complexity index is 1290. The first-order chi connectivity index (χ1) is 17.6. The first kappa shape index (κ1) is 23.5. The van der Waals surface area contributed by atoms with E-state index in [1.54, 1.807) is 43.4 Å². The van der Waals surface area contributed by atoms with Crippen molar-refractivity contribution in [3.05, 3.63) is 83.2 Å². The Kier molecular flexibility index (Phi) is 6.66. The molecule has 186 valence electrons. The summed E-state index contributed by atoms with van der Waals surface area (Å²) in [5.74, 6) is 2.59. The van der Waals surface area contributed by atoms with Gasteiger partial charge in [-0.3, -0.25) is 4.79 Å². The van der Waals surface area contributed by atoms with E-state index in [1.165, 1.54) is 12.1 Å². The van der Waals surface area contributed by atoms with E-state index in [4.69, 9.17) is 23.7 Å². The third-order valence-electron chi connectivity index (χ3n) is 6.32. The zero-order valence-corrected chi connectivity index (χ0v) is 20.0. The summed E-state index contributed by atoms with van der Waals surface area (Å²) in [5.41, 5.74) is 2.81. The average Bonchev–Trinajstić information content (AvgIpc) is 3.38. The zero-order valence-electron chi connectivity index (χ0n) is 20.0. The van der Waals surface area contributed by atoms with Crippen molar-refractivity contribution in [3.63, 3.8) is 0 Å². The Labute approximate surface area is 208 Å². The molecule has 2 heterocycles. The van der Waals surface area contributed by atoms with E-state index in [0.717, 1.165) is 16.7 Å². The molecule has 2 aliphatic rings. The molecule has 3 aromatic rings. The maximum atomic E-state index is 13.4. The lowest BCUT2D eigenvalue weighted by atomic mass is 9.92. The van der Waals surface area contributed by atoms with Crippen LogP contribution < -0.4 is 23.7 Å². The predicted octanol–water partition coefficient (Wildman–Crippen LogP) is 4.79. The molecule has 0 saturated carbocycles. The highest BCUT2D eigenvalue weighted by Crippen LogP contribution is 2.39. The SMILES string of the molecule is COc1cc2c(cc1OC)C(COc1ccc(F)cc1)N(C(=O)C=Cc1ccc3c(c1)OCO3)CC2. The molecular weight excluding hydrogens is 465 g/mol. The maximum absolute atomic E-state index is 13.4. The summed E-state index contributed by atoms with van der Waals surface area (Å²) in [7, 11) is 3.17. The van der Waals surface area contributed by atoms with Crippen molar-refractivity contribution >= 4 is 12.0 Å². The molecule has 0 spiro atoms. The van der Waals surface area contributed by atoms with Gasteiger partial charge in [-0.1, -0.05) is 6.07 Å². The van der Waals surface area contributed by atoms with Crippen LogP contribution in [0, 0.1) is 5.82 Å². The van der Waals surface area contributed by atoms with Crippen molar-refractivity contribution < 1.29 is 32.9 Å². The first-order valence-electron chi connectivity index (χ1n) is 11.6. The fraction of sp³-hybridized carbons (Fsp3) is 0.250. The minimum atomic E-state index is -0.382. The molecule has 2 aliphatic heterocycles. The van der Waals surface area contributed by atoms with E-state index in [-0.39, 0.29) is 31.2 Å². The summed E-state index contributed by atoms with van der Waals surface area (Å²) in [5, 5.41) is 0. The lowest BCUT2D eigenvalue weighted by molar-refractivity contribution is -0.129. The van der Waals surface area contributed by atoms with Gasteiger partial charge in [0.25, 0.3) is 0 Å². The minimum absolute atomic E-state index is 0.152. The van der Waals surface area contributed by atoms with E-state index >= 15 is 0 Å². The van der Waals surface area contributed by atoms with Crippen molar-refractivity contribution in [2.45, 2.75) is 12.5 Å². The van der Waals surface area contributed by atoms with Crippen LogP contribution in [0.1, 0.15) is 22.7 Å². The number of carbonyl (C=O) groups excluding carboxylic acids is 1. The molecule has 0 bridgehead atoms. The Balaban J connectivity index is 1.42. The smallest absolute Gasteiger partial charge is 0.247 e. The molecule has 0 aromatic heterocycles. The van der Waals surface area contributed by atoms with E-state index in [2.05, 4.69) is 0 Å². The average molecular weight is 492 g/mol. The summed E-state index contributed by atoms with van der Waals surface area (Å²) < 4.78 is 41.1. The molecule has 0 saturated heterocycles. The van der Waals surface area contributed by atoms with Crippen LogP contribution in [0.25, 0.3) is 6.08 Å². The molecule has 5 rings (SSSR count). The third kappa shape index (κ3) is 4.79. The quantitative estimate of drug-likeness (QED) is 0.443. The largest absolute Gasteiger partial charge is 0.493 e. The molecule has 1 unspecified atom stereocenters. The lowest BCUT2D eigenvalue weighted by Gasteiger charge is -2.37. The van der Waals surface area contributed by atoms with Crippen molar-refractivity contribution in [3.8, 4) is 28.7 Å². The van der Waals surface area contributed by atoms with Crippen LogP contribution in [0.5, 0.6) is 28.7 Å². The van der Waals surface area contributed by atoms with Gasteiger partial charge in [0.1, 0.15) is 18.2 Å². The molecule has 1 atom stereocenters. The van der Waals surface area contributed by atoms with E-state index < -0.39 is 0 Å². The number of hydrogen-bond donors (Lipinski definition) is 0. The number of benzene rings is 3. The van der Waals surface area contributed by atoms with Crippen molar-refractivity contribution in [2.24, 2.45) is 0 Å². The van der Waals surface area contributed by atoms with Gasteiger partial charge in [-0.05, 0) is 77.7 Å². The van der Waals surface area contributed by atoms with Gasteiger partial charge >= 0.3 is 0 Å². The number of rotatable bonds is 7. The molecule has 8 heteroatoms.